The molecule has 3 aromatic rings. The molecule has 9 heteroatoms. The van der Waals surface area contributed by atoms with Crippen molar-refractivity contribution in [3.05, 3.63) is 36.7 Å². The largest absolute Gasteiger partial charge is 0.377 e. The zero-order chi connectivity index (χ0) is 23.4. The van der Waals surface area contributed by atoms with Crippen molar-refractivity contribution >= 4 is 34.2 Å². The number of rotatable bonds is 2. The molecule has 0 bridgehead atoms. The number of amides is 2. The number of anilines is 2. The van der Waals surface area contributed by atoms with Gasteiger partial charge in [0, 0.05) is 55.3 Å². The number of carbonyl (C=O) groups is 2. The molecule has 1 atom stereocenters. The van der Waals surface area contributed by atoms with E-state index >= 15 is 0 Å². The first-order chi connectivity index (χ1) is 16.5. The lowest BCUT2D eigenvalue weighted by Gasteiger charge is -2.52. The van der Waals surface area contributed by atoms with E-state index in [1.165, 1.54) is 0 Å². The minimum atomic E-state index is -0.825. The summed E-state index contributed by atoms with van der Waals surface area (Å²) in [6.07, 6.45) is 5.17. The average molecular weight is 461 g/mol. The molecule has 176 valence electrons. The number of H-pyrrole nitrogens is 1. The predicted octanol–water partition coefficient (Wildman–Crippen LogP) is 2.58. The van der Waals surface area contributed by atoms with Crippen LogP contribution in [0.5, 0.6) is 0 Å². The molecule has 0 saturated carbocycles. The fraction of sp³-hybridized carbons (Fsp3) is 0.440. The van der Waals surface area contributed by atoms with Crippen molar-refractivity contribution in [2.24, 2.45) is 0 Å². The van der Waals surface area contributed by atoms with Crippen LogP contribution in [0, 0.1) is 0 Å². The van der Waals surface area contributed by atoms with Crippen LogP contribution in [0.2, 0.25) is 0 Å². The number of likely N-dealkylation sites (tertiary alicyclic amines) is 1. The Morgan fingerprint density at radius 3 is 2.82 bits per heavy atom. The lowest BCUT2D eigenvalue weighted by molar-refractivity contribution is -0.130. The maximum atomic E-state index is 13.9. The molecule has 0 radical (unpaired) electrons. The van der Waals surface area contributed by atoms with Gasteiger partial charge in [0.2, 0.25) is 5.91 Å². The van der Waals surface area contributed by atoms with Crippen molar-refractivity contribution in [1.29, 1.82) is 0 Å². The topological polar surface area (TPSA) is 94.7 Å². The summed E-state index contributed by atoms with van der Waals surface area (Å²) < 4.78 is 5.78. The molecule has 0 unspecified atom stereocenters. The summed E-state index contributed by atoms with van der Waals surface area (Å²) in [5.41, 5.74) is 1.91. The highest BCUT2D eigenvalue weighted by Gasteiger charge is 2.52. The van der Waals surface area contributed by atoms with E-state index in [9.17, 15) is 9.59 Å². The number of aromatic nitrogens is 3. The fourth-order valence-electron chi connectivity index (χ4n) is 5.58. The SMILES string of the molecule is CC(=O)N1CCC(N2C(=O)[C@]3(C)COCCN3c3nc(-c4cccc5[nH]ccc45)ncc32)CC1. The smallest absolute Gasteiger partial charge is 0.255 e. The molecule has 0 spiro atoms. The Labute approximate surface area is 197 Å². The van der Waals surface area contributed by atoms with Crippen molar-refractivity contribution in [1.82, 2.24) is 19.9 Å². The minimum Gasteiger partial charge on any atom is -0.377 e. The minimum absolute atomic E-state index is 0.00897. The van der Waals surface area contributed by atoms with Gasteiger partial charge in [-0.15, -0.1) is 0 Å². The zero-order valence-electron chi connectivity index (χ0n) is 19.5. The monoisotopic (exact) mass is 460 g/mol. The molecule has 5 heterocycles. The number of ether oxygens (including phenoxy) is 1. The lowest BCUT2D eigenvalue weighted by Crippen LogP contribution is -2.69. The second-order valence-corrected chi connectivity index (χ2v) is 9.54. The van der Waals surface area contributed by atoms with Gasteiger partial charge in [-0.1, -0.05) is 12.1 Å². The second-order valence-electron chi connectivity index (χ2n) is 9.54. The van der Waals surface area contributed by atoms with E-state index < -0.39 is 5.54 Å². The van der Waals surface area contributed by atoms with E-state index in [2.05, 4.69) is 9.88 Å². The molecule has 6 rings (SSSR count). The van der Waals surface area contributed by atoms with Crippen molar-refractivity contribution in [2.45, 2.75) is 38.3 Å². The van der Waals surface area contributed by atoms with Crippen LogP contribution < -0.4 is 9.80 Å². The van der Waals surface area contributed by atoms with Crippen molar-refractivity contribution in [3.63, 3.8) is 0 Å². The van der Waals surface area contributed by atoms with Crippen LogP contribution >= 0.6 is 0 Å². The maximum absolute atomic E-state index is 13.9. The van der Waals surface area contributed by atoms with Gasteiger partial charge in [0.05, 0.1) is 19.4 Å². The molecule has 3 aliphatic rings. The van der Waals surface area contributed by atoms with E-state index in [-0.39, 0.29) is 17.9 Å². The molecule has 9 nitrogen and oxygen atoms in total. The van der Waals surface area contributed by atoms with Gasteiger partial charge in [-0.2, -0.15) is 0 Å². The summed E-state index contributed by atoms with van der Waals surface area (Å²) in [5, 5.41) is 1.06. The normalized spacial score (nSPS) is 23.2. The van der Waals surface area contributed by atoms with E-state index in [0.717, 1.165) is 40.8 Å². The van der Waals surface area contributed by atoms with Gasteiger partial charge in [-0.3, -0.25) is 9.59 Å². The van der Waals surface area contributed by atoms with E-state index in [1.54, 1.807) is 13.1 Å². The van der Waals surface area contributed by atoms with Crippen LogP contribution in [-0.4, -0.2) is 76.1 Å². The first-order valence-corrected chi connectivity index (χ1v) is 11.9. The summed E-state index contributed by atoms with van der Waals surface area (Å²) in [5.74, 6) is 1.51. The van der Waals surface area contributed by atoms with Crippen LogP contribution in [0.3, 0.4) is 0 Å². The first kappa shape index (κ1) is 21.1. The number of benzene rings is 1. The fourth-order valence-corrected chi connectivity index (χ4v) is 5.58. The van der Waals surface area contributed by atoms with E-state index in [1.807, 2.05) is 47.2 Å². The third kappa shape index (κ3) is 3.10. The third-order valence-corrected chi connectivity index (χ3v) is 7.49. The summed E-state index contributed by atoms with van der Waals surface area (Å²) >= 11 is 0. The highest BCUT2D eigenvalue weighted by atomic mass is 16.5. The Balaban J connectivity index is 1.45. The van der Waals surface area contributed by atoms with Gasteiger partial charge in [-0.05, 0) is 31.9 Å². The first-order valence-electron chi connectivity index (χ1n) is 11.9. The Hall–Kier alpha value is -3.46. The average Bonchev–Trinajstić information content (AvgIpc) is 3.34. The van der Waals surface area contributed by atoms with Crippen LogP contribution in [0.1, 0.15) is 26.7 Å². The number of nitrogens with one attached hydrogen (secondary N) is 1. The summed E-state index contributed by atoms with van der Waals surface area (Å²) in [6, 6.07) is 8.08. The van der Waals surface area contributed by atoms with E-state index in [4.69, 9.17) is 14.7 Å². The molecular weight excluding hydrogens is 432 g/mol. The third-order valence-electron chi connectivity index (χ3n) is 7.49. The Morgan fingerprint density at radius 1 is 1.21 bits per heavy atom. The van der Waals surface area contributed by atoms with Gasteiger partial charge in [0.1, 0.15) is 11.2 Å². The number of morpholine rings is 1. The van der Waals surface area contributed by atoms with E-state index in [0.29, 0.717) is 38.7 Å². The van der Waals surface area contributed by atoms with Crippen LogP contribution in [0.15, 0.2) is 36.7 Å². The number of carbonyl (C=O) groups excluding carboxylic acids is 2. The number of nitrogens with zero attached hydrogens (tertiary/aromatic N) is 5. The van der Waals surface area contributed by atoms with Crippen molar-refractivity contribution < 1.29 is 14.3 Å². The zero-order valence-corrected chi connectivity index (χ0v) is 19.5. The van der Waals surface area contributed by atoms with Gasteiger partial charge < -0.3 is 24.4 Å². The number of piperidine rings is 1. The standard InChI is InChI=1S/C25H28N6O3/c1-16(32)29-10-7-17(8-11-29)31-21-14-27-22(19-4-3-5-20-18(19)6-9-26-20)28-23(21)30-12-13-34-15-25(30,2)24(31)33/h3-6,9,14,17,26H,7-8,10-13,15H2,1-2H3/t25-/m0/s1. The van der Waals surface area contributed by atoms with Crippen molar-refractivity contribution in [2.75, 3.05) is 42.6 Å². The molecule has 2 saturated heterocycles. The highest BCUT2D eigenvalue weighted by Crippen LogP contribution is 2.43. The molecule has 2 fully saturated rings. The molecule has 3 aliphatic heterocycles. The number of hydrogen-bond donors (Lipinski definition) is 1. The van der Waals surface area contributed by atoms with Gasteiger partial charge in [0.15, 0.2) is 11.6 Å². The molecule has 1 N–H and O–H groups in total. The van der Waals surface area contributed by atoms with Crippen LogP contribution in [0.4, 0.5) is 11.5 Å². The Morgan fingerprint density at radius 2 is 2.03 bits per heavy atom. The summed E-state index contributed by atoms with van der Waals surface area (Å²) in [7, 11) is 0. The molecule has 2 aromatic heterocycles. The second kappa shape index (κ2) is 7.80. The molecule has 0 aliphatic carbocycles. The maximum Gasteiger partial charge on any atom is 0.255 e. The quantitative estimate of drug-likeness (QED) is 0.632. The summed E-state index contributed by atoms with van der Waals surface area (Å²) in [6.45, 7) is 6.29. The number of aromatic amines is 1. The highest BCUT2D eigenvalue weighted by molar-refractivity contribution is 6.08. The molecular formula is C25H28N6O3. The van der Waals surface area contributed by atoms with Gasteiger partial charge in [-0.25, -0.2) is 9.97 Å². The van der Waals surface area contributed by atoms with Gasteiger partial charge >= 0.3 is 0 Å². The van der Waals surface area contributed by atoms with Gasteiger partial charge in [0.25, 0.3) is 5.91 Å². The molecule has 2 amide bonds. The Kier molecular flexibility index (Phi) is 4.84. The predicted molar refractivity (Wildman–Crippen MR) is 129 cm³/mol. The van der Waals surface area contributed by atoms with Crippen LogP contribution in [-0.2, 0) is 14.3 Å². The molecule has 34 heavy (non-hydrogen) atoms. The van der Waals surface area contributed by atoms with Crippen molar-refractivity contribution in [3.8, 4) is 11.4 Å². The number of fused-ring (bicyclic) bond motifs is 4. The molecule has 1 aromatic carbocycles. The van der Waals surface area contributed by atoms with Crippen LogP contribution in [0.25, 0.3) is 22.3 Å². The lowest BCUT2D eigenvalue weighted by atomic mass is 9.90. The Bertz CT molecular complexity index is 1280. The summed E-state index contributed by atoms with van der Waals surface area (Å²) in [4.78, 5) is 44.6. The number of hydrogen-bond acceptors (Lipinski definition) is 6.